The summed E-state index contributed by atoms with van der Waals surface area (Å²) >= 11 is 0. The van der Waals surface area contributed by atoms with E-state index in [1.807, 2.05) is 43.3 Å². The van der Waals surface area contributed by atoms with Gasteiger partial charge < -0.3 is 0 Å². The Morgan fingerprint density at radius 1 is 1.18 bits per heavy atom. The topological polar surface area (TPSA) is 63.2 Å². The molecule has 1 saturated heterocycles. The maximum atomic E-state index is 11.9. The molecule has 5 nitrogen and oxygen atoms in total. The molecule has 116 valence electrons. The molecule has 0 unspecified atom stereocenters. The van der Waals surface area contributed by atoms with Crippen molar-refractivity contribution in [3.8, 4) is 11.3 Å². The van der Waals surface area contributed by atoms with Crippen molar-refractivity contribution >= 4 is 10.0 Å². The summed E-state index contributed by atoms with van der Waals surface area (Å²) in [4.78, 5) is 9.12. The molecule has 0 bridgehead atoms. The van der Waals surface area contributed by atoms with Crippen LogP contribution >= 0.6 is 0 Å². The molecular formula is C16H19N3O2S. The van der Waals surface area contributed by atoms with Crippen LogP contribution in [0.15, 0.2) is 36.4 Å². The van der Waals surface area contributed by atoms with E-state index in [1.165, 1.54) is 10.6 Å². The van der Waals surface area contributed by atoms with E-state index >= 15 is 0 Å². The lowest BCUT2D eigenvalue weighted by Crippen LogP contribution is -2.30. The molecule has 1 aliphatic heterocycles. The first-order valence-corrected chi connectivity index (χ1v) is 9.18. The molecule has 0 radical (unpaired) electrons. The highest BCUT2D eigenvalue weighted by Crippen LogP contribution is 2.33. The molecule has 22 heavy (non-hydrogen) atoms. The minimum absolute atomic E-state index is 0.252. The Bertz CT molecular complexity index is 775. The van der Waals surface area contributed by atoms with Gasteiger partial charge in [-0.3, -0.25) is 0 Å². The van der Waals surface area contributed by atoms with Crippen molar-refractivity contribution in [3.63, 3.8) is 0 Å². The van der Waals surface area contributed by atoms with Gasteiger partial charge in [-0.15, -0.1) is 0 Å². The Kier molecular flexibility index (Phi) is 3.97. The highest BCUT2D eigenvalue weighted by atomic mass is 32.2. The standard InChI is InChI=1S/C16H19N3O2S/c1-12-11-14(13-7-4-3-5-8-13)18-16(17-12)15-9-6-10-19(15)22(2,20)21/h3-5,7-8,11,15H,6,9-10H2,1-2H3/t15-/m0/s1. The fourth-order valence-corrected chi connectivity index (χ4v) is 4.02. The average molecular weight is 317 g/mol. The second-order valence-corrected chi connectivity index (χ2v) is 7.59. The van der Waals surface area contributed by atoms with Gasteiger partial charge in [-0.25, -0.2) is 18.4 Å². The first kappa shape index (κ1) is 15.1. The number of hydrogen-bond donors (Lipinski definition) is 0. The van der Waals surface area contributed by atoms with Gasteiger partial charge in [0.2, 0.25) is 10.0 Å². The van der Waals surface area contributed by atoms with Crippen LogP contribution in [0.4, 0.5) is 0 Å². The summed E-state index contributed by atoms with van der Waals surface area (Å²) in [5.74, 6) is 0.599. The quantitative estimate of drug-likeness (QED) is 0.873. The molecule has 0 spiro atoms. The molecule has 2 heterocycles. The van der Waals surface area contributed by atoms with Crippen LogP contribution in [0, 0.1) is 6.92 Å². The van der Waals surface area contributed by atoms with Crippen molar-refractivity contribution in [3.05, 3.63) is 47.9 Å². The van der Waals surface area contributed by atoms with Crippen LogP contribution in [0.3, 0.4) is 0 Å². The second kappa shape index (κ2) is 5.78. The summed E-state index contributed by atoms with van der Waals surface area (Å²) in [5, 5.41) is 0. The van der Waals surface area contributed by atoms with Crippen LogP contribution < -0.4 is 0 Å². The molecule has 1 atom stereocenters. The van der Waals surface area contributed by atoms with Crippen molar-refractivity contribution in [1.29, 1.82) is 0 Å². The molecule has 2 aromatic rings. The predicted octanol–water partition coefficient (Wildman–Crippen LogP) is 2.55. The Hall–Kier alpha value is -1.79. The van der Waals surface area contributed by atoms with E-state index in [9.17, 15) is 8.42 Å². The molecule has 6 heteroatoms. The minimum atomic E-state index is -3.24. The van der Waals surface area contributed by atoms with Gasteiger partial charge in [0.25, 0.3) is 0 Å². The number of nitrogens with zero attached hydrogens (tertiary/aromatic N) is 3. The summed E-state index contributed by atoms with van der Waals surface area (Å²) < 4.78 is 25.4. The van der Waals surface area contributed by atoms with Crippen molar-refractivity contribution in [1.82, 2.24) is 14.3 Å². The maximum absolute atomic E-state index is 11.9. The van der Waals surface area contributed by atoms with Crippen LogP contribution in [0.2, 0.25) is 0 Å². The number of hydrogen-bond acceptors (Lipinski definition) is 4. The Balaban J connectivity index is 2.03. The molecule has 1 aliphatic rings. The Morgan fingerprint density at radius 3 is 2.59 bits per heavy atom. The third kappa shape index (κ3) is 3.03. The van der Waals surface area contributed by atoms with Gasteiger partial charge in [0, 0.05) is 17.8 Å². The number of rotatable bonds is 3. The van der Waals surface area contributed by atoms with Crippen molar-refractivity contribution in [2.75, 3.05) is 12.8 Å². The molecule has 0 N–H and O–H groups in total. The van der Waals surface area contributed by atoms with E-state index in [1.54, 1.807) is 0 Å². The first-order valence-electron chi connectivity index (χ1n) is 7.33. The van der Waals surface area contributed by atoms with E-state index in [0.29, 0.717) is 12.4 Å². The zero-order valence-corrected chi connectivity index (χ0v) is 13.5. The van der Waals surface area contributed by atoms with Crippen LogP contribution in [0.5, 0.6) is 0 Å². The first-order chi connectivity index (χ1) is 10.4. The summed E-state index contributed by atoms with van der Waals surface area (Å²) in [6.07, 6.45) is 2.86. The molecule has 0 aliphatic carbocycles. The third-order valence-corrected chi connectivity index (χ3v) is 5.16. The van der Waals surface area contributed by atoms with Crippen LogP contribution in [0.25, 0.3) is 11.3 Å². The summed E-state index contributed by atoms with van der Waals surface area (Å²) in [7, 11) is -3.24. The van der Waals surface area contributed by atoms with Gasteiger partial charge in [0.05, 0.1) is 18.0 Å². The number of benzene rings is 1. The van der Waals surface area contributed by atoms with Crippen LogP contribution in [-0.2, 0) is 10.0 Å². The summed E-state index contributed by atoms with van der Waals surface area (Å²) in [6, 6.07) is 11.6. The lowest BCUT2D eigenvalue weighted by molar-refractivity contribution is 0.386. The van der Waals surface area contributed by atoms with Gasteiger partial charge in [-0.05, 0) is 25.8 Å². The normalized spacial score (nSPS) is 19.5. The van der Waals surface area contributed by atoms with Crippen molar-refractivity contribution in [2.24, 2.45) is 0 Å². The average Bonchev–Trinajstić information content (AvgIpc) is 2.97. The van der Waals surface area contributed by atoms with Gasteiger partial charge >= 0.3 is 0 Å². The maximum Gasteiger partial charge on any atom is 0.211 e. The monoisotopic (exact) mass is 317 g/mol. The zero-order chi connectivity index (χ0) is 15.7. The van der Waals surface area contributed by atoms with E-state index < -0.39 is 10.0 Å². The zero-order valence-electron chi connectivity index (χ0n) is 12.7. The van der Waals surface area contributed by atoms with Crippen molar-refractivity contribution in [2.45, 2.75) is 25.8 Å². The Morgan fingerprint density at radius 2 is 1.91 bits per heavy atom. The molecular weight excluding hydrogens is 298 g/mol. The molecule has 0 saturated carbocycles. The van der Waals surface area contributed by atoms with Crippen LogP contribution in [0.1, 0.15) is 30.4 Å². The Labute approximate surface area is 131 Å². The van der Waals surface area contributed by atoms with Gasteiger partial charge in [-0.2, -0.15) is 4.31 Å². The number of aromatic nitrogens is 2. The lowest BCUT2D eigenvalue weighted by atomic mass is 10.1. The minimum Gasteiger partial charge on any atom is -0.236 e. The van der Waals surface area contributed by atoms with Crippen LogP contribution in [-0.4, -0.2) is 35.5 Å². The van der Waals surface area contributed by atoms with Crippen molar-refractivity contribution < 1.29 is 8.42 Å². The third-order valence-electron chi connectivity index (χ3n) is 3.87. The molecule has 1 aromatic carbocycles. The van der Waals surface area contributed by atoms with E-state index in [4.69, 9.17) is 0 Å². The SMILES string of the molecule is Cc1cc(-c2ccccc2)nc([C@@H]2CCCN2S(C)(=O)=O)n1. The highest BCUT2D eigenvalue weighted by Gasteiger charge is 2.34. The fourth-order valence-electron chi connectivity index (χ4n) is 2.89. The summed E-state index contributed by atoms with van der Waals surface area (Å²) in [6.45, 7) is 2.46. The van der Waals surface area contributed by atoms with E-state index in [0.717, 1.165) is 29.8 Å². The van der Waals surface area contributed by atoms with Gasteiger partial charge in [-0.1, -0.05) is 30.3 Å². The van der Waals surface area contributed by atoms with E-state index in [-0.39, 0.29) is 6.04 Å². The van der Waals surface area contributed by atoms with Gasteiger partial charge in [0.15, 0.2) is 0 Å². The van der Waals surface area contributed by atoms with Gasteiger partial charge in [0.1, 0.15) is 5.82 Å². The number of sulfonamides is 1. The second-order valence-electron chi connectivity index (χ2n) is 5.65. The predicted molar refractivity (Wildman–Crippen MR) is 85.7 cm³/mol. The van der Waals surface area contributed by atoms with E-state index in [2.05, 4.69) is 9.97 Å². The molecule has 1 aromatic heterocycles. The number of aryl methyl sites for hydroxylation is 1. The smallest absolute Gasteiger partial charge is 0.211 e. The molecule has 3 rings (SSSR count). The largest absolute Gasteiger partial charge is 0.236 e. The molecule has 0 amide bonds. The summed E-state index contributed by atoms with van der Waals surface area (Å²) in [5.41, 5.74) is 2.70. The highest BCUT2D eigenvalue weighted by molar-refractivity contribution is 7.88. The molecule has 1 fully saturated rings. The lowest BCUT2D eigenvalue weighted by Gasteiger charge is -2.21. The fraction of sp³-hybridized carbons (Fsp3) is 0.375.